The van der Waals surface area contributed by atoms with Crippen molar-refractivity contribution in [2.24, 2.45) is 14.1 Å². The summed E-state index contributed by atoms with van der Waals surface area (Å²) in [6.07, 6.45) is 7.83. The van der Waals surface area contributed by atoms with Crippen LogP contribution in [0.3, 0.4) is 0 Å². The van der Waals surface area contributed by atoms with Crippen molar-refractivity contribution < 1.29 is 23.3 Å². The van der Waals surface area contributed by atoms with E-state index in [0.717, 1.165) is 11.5 Å². The van der Waals surface area contributed by atoms with Gasteiger partial charge in [0.25, 0.3) is 0 Å². The van der Waals surface area contributed by atoms with Crippen molar-refractivity contribution in [2.75, 3.05) is 0 Å². The van der Waals surface area contributed by atoms with Gasteiger partial charge < -0.3 is 14.1 Å². The zero-order valence-corrected chi connectivity index (χ0v) is 9.68. The standard InChI is InChI=1S/C12H14N2O.2FH/c1-13-7-3-11(4-8-13)15-12-5-9-14(2)10-6-12;;/h3-10H,1-2H3;2*1H/q+2;;/p-2. The van der Waals surface area contributed by atoms with Gasteiger partial charge in [0.1, 0.15) is 25.6 Å². The summed E-state index contributed by atoms with van der Waals surface area (Å²) in [6.45, 7) is 0. The van der Waals surface area contributed by atoms with Crippen LogP contribution in [0.15, 0.2) is 49.1 Å². The molecule has 2 rings (SSSR count). The maximum atomic E-state index is 5.66. The van der Waals surface area contributed by atoms with Gasteiger partial charge in [-0.25, -0.2) is 9.13 Å². The number of aromatic nitrogens is 2. The number of hydrogen-bond acceptors (Lipinski definition) is 1. The van der Waals surface area contributed by atoms with Gasteiger partial charge in [-0.15, -0.1) is 0 Å². The van der Waals surface area contributed by atoms with E-state index in [0.29, 0.717) is 0 Å². The van der Waals surface area contributed by atoms with Crippen LogP contribution >= 0.6 is 0 Å². The lowest BCUT2D eigenvalue weighted by molar-refractivity contribution is -0.671. The Morgan fingerprint density at radius 3 is 1.29 bits per heavy atom. The normalized spacial score (nSPS) is 8.82. The Morgan fingerprint density at radius 2 is 1.00 bits per heavy atom. The van der Waals surface area contributed by atoms with Gasteiger partial charge in [0.2, 0.25) is 0 Å². The summed E-state index contributed by atoms with van der Waals surface area (Å²) < 4.78 is 9.60. The molecule has 0 radical (unpaired) electrons. The molecule has 0 aromatic carbocycles. The van der Waals surface area contributed by atoms with Crippen molar-refractivity contribution in [1.82, 2.24) is 0 Å². The van der Waals surface area contributed by atoms with E-state index >= 15 is 0 Å². The molecule has 3 nitrogen and oxygen atoms in total. The molecule has 2 aromatic heterocycles. The van der Waals surface area contributed by atoms with Crippen LogP contribution < -0.4 is 23.3 Å². The fourth-order valence-electron chi connectivity index (χ4n) is 1.25. The van der Waals surface area contributed by atoms with Gasteiger partial charge in [-0.1, -0.05) is 0 Å². The first-order chi connectivity index (χ1) is 7.24. The van der Waals surface area contributed by atoms with Crippen LogP contribution in [0.25, 0.3) is 0 Å². The first-order valence-electron chi connectivity index (χ1n) is 4.82. The fraction of sp³-hybridized carbons (Fsp3) is 0.167. The zero-order chi connectivity index (χ0) is 10.7. The average molecular weight is 240 g/mol. The Kier molecular flexibility index (Phi) is 5.74. The lowest BCUT2D eigenvalue weighted by Gasteiger charge is -2.02. The molecule has 0 aliphatic heterocycles. The topological polar surface area (TPSA) is 17.0 Å². The van der Waals surface area contributed by atoms with Crippen LogP contribution in [0.5, 0.6) is 11.5 Å². The van der Waals surface area contributed by atoms with Crippen LogP contribution in [-0.2, 0) is 14.1 Å². The molecule has 0 saturated heterocycles. The minimum Gasteiger partial charge on any atom is -1.00 e. The van der Waals surface area contributed by atoms with Crippen LogP contribution in [0, 0.1) is 0 Å². The Bertz CT molecular complexity index is 400. The molecule has 0 aliphatic rings. The smallest absolute Gasteiger partial charge is 0.172 e. The number of pyridine rings is 2. The maximum absolute atomic E-state index is 5.66. The van der Waals surface area contributed by atoms with Gasteiger partial charge in [0.15, 0.2) is 24.8 Å². The van der Waals surface area contributed by atoms with E-state index in [1.54, 1.807) is 0 Å². The van der Waals surface area contributed by atoms with E-state index in [9.17, 15) is 0 Å². The van der Waals surface area contributed by atoms with Gasteiger partial charge >= 0.3 is 0 Å². The van der Waals surface area contributed by atoms with E-state index in [1.165, 1.54) is 0 Å². The third-order valence-electron chi connectivity index (χ3n) is 2.13. The minimum atomic E-state index is 0. The summed E-state index contributed by atoms with van der Waals surface area (Å²) in [6, 6.07) is 7.75. The molecule has 0 fully saturated rings. The highest BCUT2D eigenvalue weighted by molar-refractivity contribution is 5.25. The van der Waals surface area contributed by atoms with Gasteiger partial charge in [0.05, 0.1) is 0 Å². The molecule has 0 bridgehead atoms. The largest absolute Gasteiger partial charge is 1.00 e. The van der Waals surface area contributed by atoms with Crippen LogP contribution in [0.1, 0.15) is 0 Å². The summed E-state index contributed by atoms with van der Waals surface area (Å²) in [4.78, 5) is 0. The second-order valence-corrected chi connectivity index (χ2v) is 3.50. The number of aryl methyl sites for hydroxylation is 2. The predicted octanol–water partition coefficient (Wildman–Crippen LogP) is -4.86. The summed E-state index contributed by atoms with van der Waals surface area (Å²) in [7, 11) is 3.96. The molecular weight excluding hydrogens is 226 g/mol. The molecular formula is C12H14F2N2O. The molecule has 0 unspecified atom stereocenters. The maximum Gasteiger partial charge on any atom is 0.172 e. The van der Waals surface area contributed by atoms with E-state index < -0.39 is 0 Å². The molecule has 0 saturated carbocycles. The second kappa shape index (κ2) is 6.52. The number of hydrogen-bond donors (Lipinski definition) is 0. The third kappa shape index (κ3) is 4.14. The highest BCUT2D eigenvalue weighted by Gasteiger charge is 2.00. The lowest BCUT2D eigenvalue weighted by Crippen LogP contribution is -3.00. The molecule has 0 N–H and O–H groups in total. The Morgan fingerprint density at radius 1 is 0.706 bits per heavy atom. The zero-order valence-electron chi connectivity index (χ0n) is 9.68. The highest BCUT2D eigenvalue weighted by Crippen LogP contribution is 2.17. The van der Waals surface area contributed by atoms with E-state index in [4.69, 9.17) is 4.74 Å². The molecule has 0 spiro atoms. The number of ether oxygens (including phenoxy) is 1. The van der Waals surface area contributed by atoms with Crippen molar-refractivity contribution in [3.8, 4) is 11.5 Å². The van der Waals surface area contributed by atoms with Crippen LogP contribution in [-0.4, -0.2) is 0 Å². The van der Waals surface area contributed by atoms with E-state index in [1.807, 2.05) is 72.3 Å². The first kappa shape index (κ1) is 15.0. The van der Waals surface area contributed by atoms with Gasteiger partial charge in [-0.2, -0.15) is 0 Å². The SMILES string of the molecule is C[n+]1ccc(Oc2cc[n+](C)cc2)cc1.[F-].[F-]. The molecule has 0 amide bonds. The average Bonchev–Trinajstić information content (AvgIpc) is 2.25. The van der Waals surface area contributed by atoms with Crippen molar-refractivity contribution in [3.63, 3.8) is 0 Å². The molecule has 17 heavy (non-hydrogen) atoms. The van der Waals surface area contributed by atoms with Gasteiger partial charge in [-0.3, -0.25) is 0 Å². The van der Waals surface area contributed by atoms with Gasteiger partial charge in [-0.05, 0) is 0 Å². The van der Waals surface area contributed by atoms with E-state index in [-0.39, 0.29) is 9.41 Å². The van der Waals surface area contributed by atoms with Crippen LogP contribution in [0.2, 0.25) is 0 Å². The Labute approximate surface area is 98.6 Å². The lowest BCUT2D eigenvalue weighted by atomic mass is 10.4. The molecule has 0 atom stereocenters. The summed E-state index contributed by atoms with van der Waals surface area (Å²) in [5.74, 6) is 1.70. The quantitative estimate of drug-likeness (QED) is 0.481. The monoisotopic (exact) mass is 240 g/mol. The van der Waals surface area contributed by atoms with Crippen molar-refractivity contribution in [2.45, 2.75) is 0 Å². The van der Waals surface area contributed by atoms with Crippen molar-refractivity contribution in [3.05, 3.63) is 49.1 Å². The first-order valence-corrected chi connectivity index (χ1v) is 4.82. The minimum absolute atomic E-state index is 0. The highest BCUT2D eigenvalue weighted by atomic mass is 19.0. The summed E-state index contributed by atoms with van der Waals surface area (Å²) in [5.41, 5.74) is 0. The second-order valence-electron chi connectivity index (χ2n) is 3.50. The molecule has 92 valence electrons. The fourth-order valence-corrected chi connectivity index (χ4v) is 1.25. The van der Waals surface area contributed by atoms with Crippen molar-refractivity contribution in [1.29, 1.82) is 0 Å². The summed E-state index contributed by atoms with van der Waals surface area (Å²) >= 11 is 0. The Hall–Kier alpha value is -2.04. The molecule has 0 aliphatic carbocycles. The number of rotatable bonds is 2. The van der Waals surface area contributed by atoms with Crippen LogP contribution in [0.4, 0.5) is 0 Å². The Balaban J connectivity index is 0.00000128. The van der Waals surface area contributed by atoms with E-state index in [2.05, 4.69) is 0 Å². The summed E-state index contributed by atoms with van der Waals surface area (Å²) in [5, 5.41) is 0. The number of nitrogens with zero attached hydrogens (tertiary/aromatic N) is 2. The van der Waals surface area contributed by atoms with Gasteiger partial charge in [0, 0.05) is 24.3 Å². The third-order valence-corrected chi connectivity index (χ3v) is 2.13. The molecule has 2 heterocycles. The molecule has 2 aromatic rings. The molecule has 5 heteroatoms. The predicted molar refractivity (Wildman–Crippen MR) is 55.3 cm³/mol. The number of halogens is 2. The van der Waals surface area contributed by atoms with Crippen molar-refractivity contribution >= 4 is 0 Å².